The minimum atomic E-state index is 0.343. The average molecular weight is 280 g/mol. The van der Waals surface area contributed by atoms with Gasteiger partial charge in [0.2, 0.25) is 0 Å². The summed E-state index contributed by atoms with van der Waals surface area (Å²) in [6.07, 6.45) is 7.11. The smallest absolute Gasteiger partial charge is 0.0340 e. The molecule has 0 radical (unpaired) electrons. The molecular formula is C14H18BrN. The van der Waals surface area contributed by atoms with E-state index in [-0.39, 0.29) is 0 Å². The highest BCUT2D eigenvalue weighted by Crippen LogP contribution is 2.28. The third kappa shape index (κ3) is 3.37. The minimum absolute atomic E-state index is 0.343. The van der Waals surface area contributed by atoms with Crippen molar-refractivity contribution in [1.82, 2.24) is 5.32 Å². The number of aryl methyl sites for hydroxylation is 1. The van der Waals surface area contributed by atoms with Crippen molar-refractivity contribution < 1.29 is 0 Å². The monoisotopic (exact) mass is 279 g/mol. The molecule has 1 rings (SSSR count). The fourth-order valence-electron chi connectivity index (χ4n) is 1.78. The molecule has 1 N–H and O–H groups in total. The fourth-order valence-corrected chi connectivity index (χ4v) is 2.32. The molecule has 2 heteroatoms. The van der Waals surface area contributed by atoms with Crippen LogP contribution in [-0.2, 0) is 0 Å². The van der Waals surface area contributed by atoms with Gasteiger partial charge in [-0.1, -0.05) is 41.1 Å². The van der Waals surface area contributed by atoms with E-state index in [4.69, 9.17) is 6.42 Å². The number of nitrogens with one attached hydrogen (secondary N) is 1. The van der Waals surface area contributed by atoms with Gasteiger partial charge in [-0.2, -0.15) is 0 Å². The molecule has 1 aromatic carbocycles. The lowest BCUT2D eigenvalue weighted by molar-refractivity contribution is 0.520. The van der Waals surface area contributed by atoms with E-state index in [1.165, 1.54) is 15.6 Å². The number of benzene rings is 1. The molecule has 86 valence electrons. The molecule has 0 aliphatic rings. The van der Waals surface area contributed by atoms with Gasteiger partial charge >= 0.3 is 0 Å². The number of hydrogen-bond acceptors (Lipinski definition) is 1. The van der Waals surface area contributed by atoms with E-state index in [1.807, 2.05) is 0 Å². The summed E-state index contributed by atoms with van der Waals surface area (Å²) >= 11 is 3.65. The normalized spacial score (nSPS) is 12.1. The SMILES string of the molecule is C#CCCC(NCC)c1cccc(C)c1Br. The Kier molecular flexibility index (Phi) is 5.59. The molecule has 1 atom stereocenters. The van der Waals surface area contributed by atoms with Crippen molar-refractivity contribution in [2.24, 2.45) is 0 Å². The van der Waals surface area contributed by atoms with E-state index in [2.05, 4.69) is 59.2 Å². The quantitative estimate of drug-likeness (QED) is 0.808. The van der Waals surface area contributed by atoms with Gasteiger partial charge in [-0.25, -0.2) is 0 Å². The summed E-state index contributed by atoms with van der Waals surface area (Å²) in [7, 11) is 0. The summed E-state index contributed by atoms with van der Waals surface area (Å²) < 4.78 is 1.19. The van der Waals surface area contributed by atoms with Crippen molar-refractivity contribution in [3.8, 4) is 12.3 Å². The Morgan fingerprint density at radius 3 is 2.88 bits per heavy atom. The molecule has 0 aliphatic carbocycles. The first-order chi connectivity index (χ1) is 7.70. The lowest BCUT2D eigenvalue weighted by Crippen LogP contribution is -2.21. The Morgan fingerprint density at radius 2 is 2.25 bits per heavy atom. The number of halogens is 1. The summed E-state index contributed by atoms with van der Waals surface area (Å²) in [5, 5.41) is 3.48. The molecule has 0 fully saturated rings. The van der Waals surface area contributed by atoms with Gasteiger partial charge in [-0.3, -0.25) is 0 Å². The van der Waals surface area contributed by atoms with E-state index < -0.39 is 0 Å². The zero-order valence-corrected chi connectivity index (χ0v) is 11.5. The molecule has 0 aromatic heterocycles. The second-order valence-corrected chi connectivity index (χ2v) is 4.62. The first-order valence-electron chi connectivity index (χ1n) is 5.62. The Balaban J connectivity index is 2.92. The van der Waals surface area contributed by atoms with Crippen LogP contribution in [0.1, 0.15) is 36.9 Å². The third-order valence-electron chi connectivity index (χ3n) is 2.62. The highest BCUT2D eigenvalue weighted by Gasteiger charge is 2.13. The lowest BCUT2D eigenvalue weighted by Gasteiger charge is -2.19. The number of terminal acetylenes is 1. The van der Waals surface area contributed by atoms with E-state index in [0.717, 1.165) is 19.4 Å². The molecule has 0 heterocycles. The summed E-state index contributed by atoms with van der Waals surface area (Å²) in [5.74, 6) is 2.71. The molecule has 16 heavy (non-hydrogen) atoms. The van der Waals surface area contributed by atoms with Crippen molar-refractivity contribution in [2.45, 2.75) is 32.7 Å². The lowest BCUT2D eigenvalue weighted by atomic mass is 10.0. The van der Waals surface area contributed by atoms with Crippen LogP contribution in [0, 0.1) is 19.3 Å². The zero-order chi connectivity index (χ0) is 12.0. The van der Waals surface area contributed by atoms with E-state index in [1.54, 1.807) is 0 Å². The van der Waals surface area contributed by atoms with Crippen LogP contribution in [-0.4, -0.2) is 6.54 Å². The van der Waals surface area contributed by atoms with Gasteiger partial charge in [0.05, 0.1) is 0 Å². The second-order valence-electron chi connectivity index (χ2n) is 3.83. The number of hydrogen-bond donors (Lipinski definition) is 1. The van der Waals surface area contributed by atoms with E-state index in [9.17, 15) is 0 Å². The molecular weight excluding hydrogens is 262 g/mol. The molecule has 1 nitrogen and oxygen atoms in total. The van der Waals surface area contributed by atoms with Crippen molar-refractivity contribution in [1.29, 1.82) is 0 Å². The highest BCUT2D eigenvalue weighted by atomic mass is 79.9. The molecule has 0 saturated heterocycles. The van der Waals surface area contributed by atoms with E-state index in [0.29, 0.717) is 6.04 Å². The van der Waals surface area contributed by atoms with E-state index >= 15 is 0 Å². The molecule has 1 unspecified atom stereocenters. The van der Waals surface area contributed by atoms with Gasteiger partial charge in [-0.15, -0.1) is 12.3 Å². The van der Waals surface area contributed by atoms with Gasteiger partial charge in [-0.05, 0) is 31.0 Å². The maximum Gasteiger partial charge on any atom is 0.0340 e. The molecule has 0 saturated carbocycles. The third-order valence-corrected chi connectivity index (χ3v) is 3.71. The summed E-state index contributed by atoms with van der Waals surface area (Å²) in [6, 6.07) is 6.70. The van der Waals surface area contributed by atoms with Crippen molar-refractivity contribution in [3.63, 3.8) is 0 Å². The molecule has 0 spiro atoms. The molecule has 0 aliphatic heterocycles. The Bertz CT molecular complexity index is 379. The van der Waals surface area contributed by atoms with Crippen LogP contribution in [0.4, 0.5) is 0 Å². The first-order valence-corrected chi connectivity index (χ1v) is 6.41. The average Bonchev–Trinajstić information content (AvgIpc) is 2.28. The standard InChI is InChI=1S/C14H18BrN/c1-4-6-10-13(16-5-2)12-9-7-8-11(3)14(12)15/h1,7-9,13,16H,5-6,10H2,2-3H3. The summed E-state index contributed by atoms with van der Waals surface area (Å²) in [5.41, 5.74) is 2.57. The van der Waals surface area contributed by atoms with Gasteiger partial charge in [0.25, 0.3) is 0 Å². The maximum atomic E-state index is 5.33. The predicted molar refractivity (Wildman–Crippen MR) is 73.4 cm³/mol. The second kappa shape index (κ2) is 6.73. The summed E-state index contributed by atoms with van der Waals surface area (Å²) in [4.78, 5) is 0. The number of rotatable bonds is 5. The summed E-state index contributed by atoms with van der Waals surface area (Å²) in [6.45, 7) is 5.18. The van der Waals surface area contributed by atoms with Crippen LogP contribution in [0.25, 0.3) is 0 Å². The van der Waals surface area contributed by atoms with Crippen LogP contribution in [0.15, 0.2) is 22.7 Å². The van der Waals surface area contributed by atoms with Crippen molar-refractivity contribution in [2.75, 3.05) is 6.54 Å². The zero-order valence-electron chi connectivity index (χ0n) is 9.89. The Labute approximate surface area is 107 Å². The van der Waals surface area contributed by atoms with Crippen LogP contribution in [0.5, 0.6) is 0 Å². The predicted octanol–water partition coefficient (Wildman–Crippen LogP) is 3.82. The van der Waals surface area contributed by atoms with Gasteiger partial charge in [0.15, 0.2) is 0 Å². The molecule has 0 bridgehead atoms. The van der Waals surface area contributed by atoms with Crippen LogP contribution >= 0.6 is 15.9 Å². The Morgan fingerprint density at radius 1 is 1.50 bits per heavy atom. The van der Waals surface area contributed by atoms with Crippen LogP contribution in [0.2, 0.25) is 0 Å². The Hall–Kier alpha value is -0.780. The highest BCUT2D eigenvalue weighted by molar-refractivity contribution is 9.10. The van der Waals surface area contributed by atoms with Crippen molar-refractivity contribution >= 4 is 15.9 Å². The van der Waals surface area contributed by atoms with Gasteiger partial charge in [0.1, 0.15) is 0 Å². The van der Waals surface area contributed by atoms with Crippen LogP contribution < -0.4 is 5.32 Å². The largest absolute Gasteiger partial charge is 0.310 e. The maximum absolute atomic E-state index is 5.33. The molecule has 1 aromatic rings. The fraction of sp³-hybridized carbons (Fsp3) is 0.429. The topological polar surface area (TPSA) is 12.0 Å². The van der Waals surface area contributed by atoms with Crippen LogP contribution in [0.3, 0.4) is 0 Å². The molecule has 0 amide bonds. The first kappa shape index (κ1) is 13.3. The van der Waals surface area contributed by atoms with Gasteiger partial charge < -0.3 is 5.32 Å². The minimum Gasteiger partial charge on any atom is -0.310 e. The van der Waals surface area contributed by atoms with Crippen molar-refractivity contribution in [3.05, 3.63) is 33.8 Å². The van der Waals surface area contributed by atoms with Gasteiger partial charge in [0, 0.05) is 16.9 Å².